The summed E-state index contributed by atoms with van der Waals surface area (Å²) in [5.74, 6) is 0.816. The van der Waals surface area contributed by atoms with Crippen LogP contribution in [-0.4, -0.2) is 38.9 Å². The second kappa shape index (κ2) is 8.53. The molecule has 1 rings (SSSR count). The molecule has 1 aliphatic rings. The van der Waals surface area contributed by atoms with Crippen LogP contribution in [0.2, 0.25) is 0 Å². The first-order valence-corrected chi connectivity index (χ1v) is 5.80. The molecule has 1 N–H and O–H groups in total. The smallest absolute Gasteiger partial charge is 0.293 e. The van der Waals surface area contributed by atoms with E-state index in [1.54, 1.807) is 7.11 Å². The SMILES string of the molecule is CC(C)(C)OC=O.COCC1CCNCC1. The third-order valence-corrected chi connectivity index (χ3v) is 2.26. The van der Waals surface area contributed by atoms with E-state index in [0.717, 1.165) is 12.5 Å². The van der Waals surface area contributed by atoms with Crippen LogP contribution in [0, 0.1) is 5.92 Å². The van der Waals surface area contributed by atoms with Gasteiger partial charge in [0.25, 0.3) is 6.47 Å². The third-order valence-electron chi connectivity index (χ3n) is 2.26. The fourth-order valence-electron chi connectivity index (χ4n) is 1.43. The van der Waals surface area contributed by atoms with E-state index < -0.39 is 0 Å². The van der Waals surface area contributed by atoms with E-state index in [-0.39, 0.29) is 5.60 Å². The van der Waals surface area contributed by atoms with Gasteiger partial charge in [-0.05, 0) is 52.6 Å². The van der Waals surface area contributed by atoms with Crippen LogP contribution < -0.4 is 5.32 Å². The van der Waals surface area contributed by atoms with Gasteiger partial charge >= 0.3 is 0 Å². The normalized spacial score (nSPS) is 17.2. The first-order valence-electron chi connectivity index (χ1n) is 5.80. The molecular formula is C12H25NO3. The van der Waals surface area contributed by atoms with E-state index in [4.69, 9.17) is 4.74 Å². The number of rotatable bonds is 3. The minimum absolute atomic E-state index is 0.318. The van der Waals surface area contributed by atoms with Crippen molar-refractivity contribution in [2.75, 3.05) is 26.8 Å². The van der Waals surface area contributed by atoms with E-state index in [9.17, 15) is 4.79 Å². The molecule has 0 aromatic rings. The van der Waals surface area contributed by atoms with Crippen molar-refractivity contribution in [2.45, 2.75) is 39.2 Å². The first-order chi connectivity index (χ1) is 7.49. The van der Waals surface area contributed by atoms with Gasteiger partial charge in [-0.1, -0.05) is 0 Å². The highest BCUT2D eigenvalue weighted by molar-refractivity contribution is 5.37. The Labute approximate surface area is 98.7 Å². The van der Waals surface area contributed by atoms with Crippen LogP contribution >= 0.6 is 0 Å². The van der Waals surface area contributed by atoms with Gasteiger partial charge in [0.1, 0.15) is 5.60 Å². The predicted octanol–water partition coefficient (Wildman–Crippen LogP) is 1.59. The topological polar surface area (TPSA) is 47.6 Å². The molecule has 1 saturated heterocycles. The molecule has 96 valence electrons. The molecule has 0 aromatic heterocycles. The molecule has 0 bridgehead atoms. The second-order valence-electron chi connectivity index (χ2n) is 4.98. The average Bonchev–Trinajstić information content (AvgIpc) is 2.19. The molecule has 0 atom stereocenters. The molecule has 1 heterocycles. The maximum atomic E-state index is 9.60. The average molecular weight is 231 g/mol. The number of ether oxygens (including phenoxy) is 2. The van der Waals surface area contributed by atoms with E-state index >= 15 is 0 Å². The van der Waals surface area contributed by atoms with E-state index in [0.29, 0.717) is 6.47 Å². The lowest BCUT2D eigenvalue weighted by Gasteiger charge is -2.21. The molecular weight excluding hydrogens is 206 g/mol. The zero-order valence-electron chi connectivity index (χ0n) is 10.9. The summed E-state index contributed by atoms with van der Waals surface area (Å²) in [6.07, 6.45) is 2.57. The van der Waals surface area contributed by atoms with Crippen LogP contribution in [0.25, 0.3) is 0 Å². The van der Waals surface area contributed by atoms with Gasteiger partial charge in [0.15, 0.2) is 0 Å². The molecule has 16 heavy (non-hydrogen) atoms. The highest BCUT2D eigenvalue weighted by atomic mass is 16.5. The first kappa shape index (κ1) is 15.4. The van der Waals surface area contributed by atoms with Crippen molar-refractivity contribution in [1.82, 2.24) is 5.32 Å². The van der Waals surface area contributed by atoms with Crippen LogP contribution in [-0.2, 0) is 14.3 Å². The lowest BCUT2D eigenvalue weighted by atomic mass is 10.00. The summed E-state index contributed by atoms with van der Waals surface area (Å²) in [6.45, 7) is 9.22. The molecule has 1 fully saturated rings. The lowest BCUT2D eigenvalue weighted by Crippen LogP contribution is -2.29. The van der Waals surface area contributed by atoms with Crippen molar-refractivity contribution < 1.29 is 14.3 Å². The number of carbonyl (C=O) groups excluding carboxylic acids is 1. The van der Waals surface area contributed by atoms with Crippen molar-refractivity contribution in [3.05, 3.63) is 0 Å². The minimum Gasteiger partial charge on any atom is -0.462 e. The zero-order chi connectivity index (χ0) is 12.4. The van der Waals surface area contributed by atoms with Gasteiger partial charge in [-0.2, -0.15) is 0 Å². The van der Waals surface area contributed by atoms with E-state index in [2.05, 4.69) is 10.1 Å². The van der Waals surface area contributed by atoms with Crippen molar-refractivity contribution in [3.8, 4) is 0 Å². The Hall–Kier alpha value is -0.610. The van der Waals surface area contributed by atoms with Crippen molar-refractivity contribution in [3.63, 3.8) is 0 Å². The van der Waals surface area contributed by atoms with E-state index in [1.165, 1.54) is 25.9 Å². The Kier molecular flexibility index (Phi) is 8.21. The number of hydrogen-bond donors (Lipinski definition) is 1. The summed E-state index contributed by atoms with van der Waals surface area (Å²) in [4.78, 5) is 9.60. The molecule has 0 saturated carbocycles. The molecule has 0 unspecified atom stereocenters. The summed E-state index contributed by atoms with van der Waals surface area (Å²) in [6, 6.07) is 0. The Balaban J connectivity index is 0.000000293. The van der Waals surface area contributed by atoms with Crippen LogP contribution in [0.4, 0.5) is 0 Å². The van der Waals surface area contributed by atoms with Gasteiger partial charge in [-0.3, -0.25) is 4.79 Å². The monoisotopic (exact) mass is 231 g/mol. The van der Waals surface area contributed by atoms with Crippen LogP contribution in [0.3, 0.4) is 0 Å². The standard InChI is InChI=1S/C7H15NO.C5H10O2/c1-9-6-7-2-4-8-5-3-7;1-5(2,3)7-4-6/h7-8H,2-6H2,1H3;4H,1-3H3. The largest absolute Gasteiger partial charge is 0.462 e. The van der Waals surface area contributed by atoms with Gasteiger partial charge in [0.2, 0.25) is 0 Å². The maximum absolute atomic E-state index is 9.60. The Bertz CT molecular complexity index is 169. The molecule has 0 aliphatic carbocycles. The molecule has 1 aliphatic heterocycles. The van der Waals surface area contributed by atoms with Gasteiger partial charge < -0.3 is 14.8 Å². The third kappa shape index (κ3) is 9.93. The Morgan fingerprint density at radius 3 is 2.19 bits per heavy atom. The summed E-state index contributed by atoms with van der Waals surface area (Å²) in [7, 11) is 1.78. The lowest BCUT2D eigenvalue weighted by molar-refractivity contribution is -0.138. The van der Waals surface area contributed by atoms with Gasteiger partial charge in [0, 0.05) is 13.7 Å². The van der Waals surface area contributed by atoms with Crippen molar-refractivity contribution in [2.24, 2.45) is 5.92 Å². The molecule has 4 nitrogen and oxygen atoms in total. The van der Waals surface area contributed by atoms with Gasteiger partial charge in [0.05, 0.1) is 0 Å². The van der Waals surface area contributed by atoms with E-state index in [1.807, 2.05) is 20.8 Å². The van der Waals surface area contributed by atoms with Crippen LogP contribution in [0.5, 0.6) is 0 Å². The highest BCUT2D eigenvalue weighted by Gasteiger charge is 2.11. The molecule has 0 spiro atoms. The molecule has 0 amide bonds. The number of nitrogens with one attached hydrogen (secondary N) is 1. The summed E-state index contributed by atoms with van der Waals surface area (Å²) in [5, 5.41) is 3.32. The predicted molar refractivity (Wildman–Crippen MR) is 64.4 cm³/mol. The van der Waals surface area contributed by atoms with Gasteiger partial charge in [-0.15, -0.1) is 0 Å². The fourth-order valence-corrected chi connectivity index (χ4v) is 1.43. The number of methoxy groups -OCH3 is 1. The fraction of sp³-hybridized carbons (Fsp3) is 0.917. The summed E-state index contributed by atoms with van der Waals surface area (Å²) in [5.41, 5.74) is -0.318. The minimum atomic E-state index is -0.318. The van der Waals surface area contributed by atoms with Gasteiger partial charge in [-0.25, -0.2) is 0 Å². The number of hydrogen-bond acceptors (Lipinski definition) is 4. The molecule has 0 aromatic carbocycles. The zero-order valence-corrected chi connectivity index (χ0v) is 10.9. The molecule has 4 heteroatoms. The van der Waals surface area contributed by atoms with Crippen molar-refractivity contribution >= 4 is 6.47 Å². The summed E-state index contributed by atoms with van der Waals surface area (Å²) >= 11 is 0. The molecule has 0 radical (unpaired) electrons. The van der Waals surface area contributed by atoms with Crippen LogP contribution in [0.15, 0.2) is 0 Å². The highest BCUT2D eigenvalue weighted by Crippen LogP contribution is 2.10. The number of piperidine rings is 1. The Morgan fingerprint density at radius 2 is 1.88 bits per heavy atom. The van der Waals surface area contributed by atoms with Crippen LogP contribution in [0.1, 0.15) is 33.6 Å². The second-order valence-corrected chi connectivity index (χ2v) is 4.98. The summed E-state index contributed by atoms with van der Waals surface area (Å²) < 4.78 is 9.60. The van der Waals surface area contributed by atoms with Crippen molar-refractivity contribution in [1.29, 1.82) is 0 Å². The maximum Gasteiger partial charge on any atom is 0.293 e. The Morgan fingerprint density at radius 1 is 1.31 bits per heavy atom. The quantitative estimate of drug-likeness (QED) is 0.749. The number of carbonyl (C=O) groups is 1.